The number of rotatable bonds is 8. The van der Waals surface area contributed by atoms with E-state index in [1.165, 1.54) is 0 Å². The van der Waals surface area contributed by atoms with E-state index in [-0.39, 0.29) is 36.2 Å². The average Bonchev–Trinajstić information content (AvgIpc) is 2.97. The van der Waals surface area contributed by atoms with Crippen LogP contribution in [0.25, 0.3) is 0 Å². The van der Waals surface area contributed by atoms with Gasteiger partial charge in [-0.15, -0.1) is 0 Å². The molecule has 1 fully saturated rings. The van der Waals surface area contributed by atoms with E-state index < -0.39 is 35.4 Å². The van der Waals surface area contributed by atoms with Gasteiger partial charge in [-0.1, -0.05) is 39.3 Å². The summed E-state index contributed by atoms with van der Waals surface area (Å²) in [5.74, 6) is -1.89. The van der Waals surface area contributed by atoms with Crippen LogP contribution in [0.3, 0.4) is 0 Å². The Morgan fingerprint density at radius 2 is 1.84 bits per heavy atom. The first-order valence-electron chi connectivity index (χ1n) is 11.6. The Morgan fingerprint density at radius 3 is 2.32 bits per heavy atom. The molecular weight excluding hydrogens is 394 g/mol. The number of hydrogen-bond donors (Lipinski definition) is 3. The SMILES string of the molecule is CCC[C@@H]1C=C[C@H]2[C@H](C(=O)N([C@@H](CO)CC(C)C)[C@@H]2C(=O)NC(C)(C)C)[C@@H]1C(=O)NC. The summed E-state index contributed by atoms with van der Waals surface area (Å²) in [4.78, 5) is 41.7. The van der Waals surface area contributed by atoms with Crippen LogP contribution in [0.1, 0.15) is 60.8 Å². The third-order valence-corrected chi connectivity index (χ3v) is 6.33. The largest absolute Gasteiger partial charge is 0.394 e. The maximum Gasteiger partial charge on any atom is 0.243 e. The van der Waals surface area contributed by atoms with Crippen molar-refractivity contribution in [2.45, 2.75) is 78.4 Å². The molecule has 3 N–H and O–H groups in total. The monoisotopic (exact) mass is 435 g/mol. The summed E-state index contributed by atoms with van der Waals surface area (Å²) in [6, 6.07) is -1.20. The number of aliphatic hydroxyl groups is 1. The zero-order valence-corrected chi connectivity index (χ0v) is 20.1. The zero-order chi connectivity index (χ0) is 23.5. The van der Waals surface area contributed by atoms with Crippen molar-refractivity contribution in [2.75, 3.05) is 13.7 Å². The summed E-state index contributed by atoms with van der Waals surface area (Å²) in [5.41, 5.74) is -0.458. The first-order valence-corrected chi connectivity index (χ1v) is 11.6. The van der Waals surface area contributed by atoms with Crippen molar-refractivity contribution in [3.63, 3.8) is 0 Å². The average molecular weight is 436 g/mol. The second-order valence-corrected chi connectivity index (χ2v) is 10.5. The number of allylic oxidation sites excluding steroid dienone is 1. The predicted molar refractivity (Wildman–Crippen MR) is 121 cm³/mol. The smallest absolute Gasteiger partial charge is 0.243 e. The van der Waals surface area contributed by atoms with Gasteiger partial charge in [0.15, 0.2) is 0 Å². The number of amides is 3. The van der Waals surface area contributed by atoms with Gasteiger partial charge < -0.3 is 20.6 Å². The minimum atomic E-state index is -0.737. The Balaban J connectivity index is 2.56. The van der Waals surface area contributed by atoms with Gasteiger partial charge in [0.05, 0.1) is 24.5 Å². The molecule has 2 rings (SSSR count). The Hall–Kier alpha value is -1.89. The molecule has 0 unspecified atom stereocenters. The number of aliphatic hydroxyl groups excluding tert-OH is 1. The molecule has 0 aromatic carbocycles. The highest BCUT2D eigenvalue weighted by atomic mass is 16.3. The van der Waals surface area contributed by atoms with Crippen LogP contribution in [0.4, 0.5) is 0 Å². The molecule has 1 saturated heterocycles. The van der Waals surface area contributed by atoms with Crippen LogP contribution in [-0.4, -0.2) is 59.0 Å². The zero-order valence-electron chi connectivity index (χ0n) is 20.1. The lowest BCUT2D eigenvalue weighted by molar-refractivity contribution is -0.144. The fraction of sp³-hybridized carbons (Fsp3) is 0.792. The fourth-order valence-electron chi connectivity index (χ4n) is 5.24. The van der Waals surface area contributed by atoms with E-state index in [0.29, 0.717) is 6.42 Å². The van der Waals surface area contributed by atoms with E-state index in [4.69, 9.17) is 0 Å². The maximum absolute atomic E-state index is 13.8. The number of hydrogen-bond acceptors (Lipinski definition) is 4. The molecule has 0 bridgehead atoms. The summed E-state index contributed by atoms with van der Waals surface area (Å²) in [5, 5.41) is 15.9. The molecule has 7 heteroatoms. The van der Waals surface area contributed by atoms with Gasteiger partial charge in [-0.25, -0.2) is 0 Å². The van der Waals surface area contributed by atoms with Gasteiger partial charge in [-0.2, -0.15) is 0 Å². The Kier molecular flexibility index (Phi) is 8.31. The molecule has 0 aromatic rings. The van der Waals surface area contributed by atoms with Crippen molar-refractivity contribution in [1.82, 2.24) is 15.5 Å². The number of nitrogens with zero attached hydrogens (tertiary/aromatic N) is 1. The van der Waals surface area contributed by atoms with Crippen LogP contribution in [0, 0.1) is 29.6 Å². The summed E-state index contributed by atoms with van der Waals surface area (Å²) < 4.78 is 0. The molecule has 31 heavy (non-hydrogen) atoms. The van der Waals surface area contributed by atoms with Gasteiger partial charge in [-0.05, 0) is 45.4 Å². The molecule has 0 aromatic heterocycles. The minimum absolute atomic E-state index is 0.0425. The van der Waals surface area contributed by atoms with Crippen molar-refractivity contribution in [2.24, 2.45) is 29.6 Å². The molecule has 3 amide bonds. The summed E-state index contributed by atoms with van der Waals surface area (Å²) in [6.45, 7) is 11.6. The highest BCUT2D eigenvalue weighted by Gasteiger charge is 2.58. The van der Waals surface area contributed by atoms with Gasteiger partial charge in [-0.3, -0.25) is 14.4 Å². The fourth-order valence-corrected chi connectivity index (χ4v) is 5.24. The molecule has 0 saturated carbocycles. The predicted octanol–water partition coefficient (Wildman–Crippen LogP) is 2.10. The van der Waals surface area contributed by atoms with Gasteiger partial charge in [0.25, 0.3) is 0 Å². The number of nitrogens with one attached hydrogen (secondary N) is 2. The molecule has 1 aliphatic carbocycles. The van der Waals surface area contributed by atoms with Crippen LogP contribution in [0.15, 0.2) is 12.2 Å². The van der Waals surface area contributed by atoms with E-state index in [1.54, 1.807) is 11.9 Å². The summed E-state index contributed by atoms with van der Waals surface area (Å²) >= 11 is 0. The van der Waals surface area contributed by atoms with Gasteiger partial charge in [0.1, 0.15) is 6.04 Å². The lowest BCUT2D eigenvalue weighted by Crippen LogP contribution is -2.55. The second-order valence-electron chi connectivity index (χ2n) is 10.5. The topological polar surface area (TPSA) is 98.7 Å². The van der Waals surface area contributed by atoms with Crippen LogP contribution in [-0.2, 0) is 14.4 Å². The molecule has 7 nitrogen and oxygen atoms in total. The molecule has 2 aliphatic rings. The normalized spacial score (nSPS) is 29.1. The first-order chi connectivity index (χ1) is 14.5. The molecular formula is C24H41N3O4. The highest BCUT2D eigenvalue weighted by molar-refractivity contribution is 5.97. The lowest BCUT2D eigenvalue weighted by Gasteiger charge is -2.36. The van der Waals surface area contributed by atoms with E-state index >= 15 is 0 Å². The molecule has 1 heterocycles. The third-order valence-electron chi connectivity index (χ3n) is 6.33. The second kappa shape index (κ2) is 10.2. The Morgan fingerprint density at radius 1 is 1.19 bits per heavy atom. The number of likely N-dealkylation sites (tertiary alicyclic amines) is 1. The third kappa shape index (κ3) is 5.48. The first kappa shape index (κ1) is 25.4. The molecule has 0 spiro atoms. The van der Waals surface area contributed by atoms with Crippen LogP contribution < -0.4 is 10.6 Å². The van der Waals surface area contributed by atoms with Crippen LogP contribution in [0.2, 0.25) is 0 Å². The van der Waals surface area contributed by atoms with Crippen molar-refractivity contribution < 1.29 is 19.5 Å². The standard InChI is InChI=1S/C24H41N3O4/c1-8-9-15-10-11-17-19(18(15)21(29)25-7)23(31)27(16(13-28)12-14(2)3)20(17)22(30)26-24(4,5)6/h10-11,14-20,28H,8-9,12-13H2,1-7H3,(H,25,29)(H,26,30)/t15-,16-,17+,18-,19+,20+/m1/s1. The molecule has 1 aliphatic heterocycles. The van der Waals surface area contributed by atoms with E-state index in [0.717, 1.165) is 12.8 Å². The lowest BCUT2D eigenvalue weighted by atomic mass is 9.68. The van der Waals surface area contributed by atoms with E-state index in [9.17, 15) is 19.5 Å². The Labute approximate surface area is 187 Å². The van der Waals surface area contributed by atoms with Gasteiger partial charge >= 0.3 is 0 Å². The van der Waals surface area contributed by atoms with E-state index in [1.807, 2.05) is 46.8 Å². The molecule has 6 atom stereocenters. The summed E-state index contributed by atoms with van der Waals surface area (Å²) in [7, 11) is 1.59. The van der Waals surface area contributed by atoms with Crippen molar-refractivity contribution in [3.8, 4) is 0 Å². The highest BCUT2D eigenvalue weighted by Crippen LogP contribution is 2.46. The number of carbonyl (C=O) groups is 3. The summed E-state index contributed by atoms with van der Waals surface area (Å²) in [6.07, 6.45) is 6.29. The minimum Gasteiger partial charge on any atom is -0.394 e. The van der Waals surface area contributed by atoms with E-state index in [2.05, 4.69) is 17.6 Å². The van der Waals surface area contributed by atoms with Crippen molar-refractivity contribution in [3.05, 3.63) is 12.2 Å². The van der Waals surface area contributed by atoms with Crippen LogP contribution >= 0.6 is 0 Å². The van der Waals surface area contributed by atoms with Crippen LogP contribution in [0.5, 0.6) is 0 Å². The number of carbonyl (C=O) groups excluding carboxylic acids is 3. The number of fused-ring (bicyclic) bond motifs is 1. The van der Waals surface area contributed by atoms with Gasteiger partial charge in [0.2, 0.25) is 17.7 Å². The van der Waals surface area contributed by atoms with Crippen molar-refractivity contribution >= 4 is 17.7 Å². The molecule has 0 radical (unpaired) electrons. The Bertz CT molecular complexity index is 697. The maximum atomic E-state index is 13.8. The quantitative estimate of drug-likeness (QED) is 0.509. The van der Waals surface area contributed by atoms with Crippen molar-refractivity contribution in [1.29, 1.82) is 0 Å². The molecule has 176 valence electrons. The van der Waals surface area contributed by atoms with Gasteiger partial charge in [0, 0.05) is 18.5 Å².